The van der Waals surface area contributed by atoms with Crippen LogP contribution in [0.5, 0.6) is 5.75 Å². The SMILES string of the molecule is CCNC(=NCC1(C)COC1)NC1CCN(Cc2ccc(OC)c(F)c2)CC1. The lowest BCUT2D eigenvalue weighted by Crippen LogP contribution is -2.49. The number of hydrogen-bond acceptors (Lipinski definition) is 4. The molecule has 2 fully saturated rings. The number of ether oxygens (including phenoxy) is 2. The third-order valence-electron chi connectivity index (χ3n) is 5.41. The van der Waals surface area contributed by atoms with Crippen molar-refractivity contribution in [3.8, 4) is 5.75 Å². The van der Waals surface area contributed by atoms with Crippen LogP contribution in [0.25, 0.3) is 0 Å². The van der Waals surface area contributed by atoms with Crippen LogP contribution in [-0.2, 0) is 11.3 Å². The molecule has 1 aromatic rings. The van der Waals surface area contributed by atoms with Crippen LogP contribution in [0, 0.1) is 11.2 Å². The molecule has 0 unspecified atom stereocenters. The first-order chi connectivity index (χ1) is 13.5. The van der Waals surface area contributed by atoms with Gasteiger partial charge in [0.25, 0.3) is 0 Å². The molecule has 1 aromatic carbocycles. The molecule has 0 atom stereocenters. The number of guanidine groups is 1. The zero-order valence-corrected chi connectivity index (χ0v) is 17.3. The van der Waals surface area contributed by atoms with Crippen LogP contribution in [0.4, 0.5) is 4.39 Å². The van der Waals surface area contributed by atoms with Gasteiger partial charge in [-0.1, -0.05) is 13.0 Å². The topological polar surface area (TPSA) is 58.1 Å². The van der Waals surface area contributed by atoms with Crippen molar-refractivity contribution in [1.82, 2.24) is 15.5 Å². The van der Waals surface area contributed by atoms with E-state index >= 15 is 0 Å². The molecule has 156 valence electrons. The number of aliphatic imine (C=N–C) groups is 1. The van der Waals surface area contributed by atoms with Gasteiger partial charge in [-0.15, -0.1) is 0 Å². The van der Waals surface area contributed by atoms with Crippen molar-refractivity contribution >= 4 is 5.96 Å². The average molecular weight is 393 g/mol. The van der Waals surface area contributed by atoms with Crippen molar-refractivity contribution in [2.75, 3.05) is 46.5 Å². The van der Waals surface area contributed by atoms with Crippen molar-refractivity contribution in [2.24, 2.45) is 10.4 Å². The van der Waals surface area contributed by atoms with E-state index in [1.165, 1.54) is 7.11 Å². The Balaban J connectivity index is 1.47. The Hall–Kier alpha value is -1.86. The van der Waals surface area contributed by atoms with Crippen LogP contribution in [0.3, 0.4) is 0 Å². The van der Waals surface area contributed by atoms with Gasteiger partial charge in [-0.3, -0.25) is 9.89 Å². The maximum absolute atomic E-state index is 13.9. The second-order valence-corrected chi connectivity index (χ2v) is 8.16. The molecule has 2 heterocycles. The largest absolute Gasteiger partial charge is 0.494 e. The second kappa shape index (κ2) is 9.56. The smallest absolute Gasteiger partial charge is 0.191 e. The van der Waals surface area contributed by atoms with Gasteiger partial charge in [-0.2, -0.15) is 0 Å². The Morgan fingerprint density at radius 3 is 2.68 bits per heavy atom. The first-order valence-corrected chi connectivity index (χ1v) is 10.2. The van der Waals surface area contributed by atoms with Gasteiger partial charge in [0.05, 0.1) is 26.9 Å². The third-order valence-corrected chi connectivity index (χ3v) is 5.41. The molecule has 0 bridgehead atoms. The van der Waals surface area contributed by atoms with Crippen LogP contribution >= 0.6 is 0 Å². The lowest BCUT2D eigenvalue weighted by Gasteiger charge is -2.37. The van der Waals surface area contributed by atoms with Crippen molar-refractivity contribution in [1.29, 1.82) is 0 Å². The maximum Gasteiger partial charge on any atom is 0.191 e. The zero-order valence-electron chi connectivity index (χ0n) is 17.3. The number of nitrogens with zero attached hydrogens (tertiary/aromatic N) is 2. The van der Waals surface area contributed by atoms with E-state index < -0.39 is 0 Å². The van der Waals surface area contributed by atoms with Gasteiger partial charge < -0.3 is 20.1 Å². The highest BCUT2D eigenvalue weighted by Gasteiger charge is 2.33. The Kier molecular flexibility index (Phi) is 7.13. The molecule has 0 aromatic heterocycles. The highest BCUT2D eigenvalue weighted by Crippen LogP contribution is 2.26. The van der Waals surface area contributed by atoms with Gasteiger partial charge >= 0.3 is 0 Å². The fraction of sp³-hybridized carbons (Fsp3) is 0.667. The van der Waals surface area contributed by atoms with Crippen LogP contribution in [0.1, 0.15) is 32.3 Å². The molecule has 7 heteroatoms. The van der Waals surface area contributed by atoms with E-state index in [2.05, 4.69) is 29.4 Å². The van der Waals surface area contributed by atoms with Gasteiger partial charge in [-0.25, -0.2) is 4.39 Å². The van der Waals surface area contributed by atoms with Gasteiger partial charge in [0.1, 0.15) is 0 Å². The van der Waals surface area contributed by atoms with E-state index in [9.17, 15) is 4.39 Å². The summed E-state index contributed by atoms with van der Waals surface area (Å²) in [6.07, 6.45) is 2.09. The van der Waals surface area contributed by atoms with E-state index in [4.69, 9.17) is 14.5 Å². The molecule has 2 N–H and O–H groups in total. The molecule has 2 aliphatic heterocycles. The fourth-order valence-electron chi connectivity index (χ4n) is 3.63. The predicted octanol–water partition coefficient (Wildman–Crippen LogP) is 2.39. The van der Waals surface area contributed by atoms with E-state index in [1.54, 1.807) is 12.1 Å². The normalized spacial score (nSPS) is 20.5. The zero-order chi connectivity index (χ0) is 20.0. The summed E-state index contributed by atoms with van der Waals surface area (Å²) in [5.74, 6) is 0.893. The van der Waals surface area contributed by atoms with Crippen LogP contribution < -0.4 is 15.4 Å². The molecule has 2 saturated heterocycles. The number of piperidine rings is 1. The highest BCUT2D eigenvalue weighted by atomic mass is 19.1. The van der Waals surface area contributed by atoms with Crippen LogP contribution in [0.15, 0.2) is 23.2 Å². The lowest BCUT2D eigenvalue weighted by atomic mass is 9.89. The minimum absolute atomic E-state index is 0.180. The molecule has 0 aliphatic carbocycles. The number of rotatable bonds is 7. The van der Waals surface area contributed by atoms with Crippen molar-refractivity contribution in [2.45, 2.75) is 39.3 Å². The van der Waals surface area contributed by atoms with Gasteiger partial charge in [0, 0.05) is 37.6 Å². The van der Waals surface area contributed by atoms with Gasteiger partial charge in [-0.05, 0) is 37.5 Å². The van der Waals surface area contributed by atoms with Gasteiger partial charge in [0.2, 0.25) is 0 Å². The van der Waals surface area contributed by atoms with Crippen LogP contribution in [0.2, 0.25) is 0 Å². The minimum atomic E-state index is -0.298. The average Bonchev–Trinajstić information content (AvgIpc) is 2.66. The summed E-state index contributed by atoms with van der Waals surface area (Å²) in [5.41, 5.74) is 1.16. The van der Waals surface area contributed by atoms with Crippen molar-refractivity contribution in [3.05, 3.63) is 29.6 Å². The summed E-state index contributed by atoms with van der Waals surface area (Å²) < 4.78 is 24.2. The van der Waals surface area contributed by atoms with Crippen molar-refractivity contribution in [3.63, 3.8) is 0 Å². The summed E-state index contributed by atoms with van der Waals surface area (Å²) in [5, 5.41) is 6.93. The maximum atomic E-state index is 13.9. The number of benzene rings is 1. The molecule has 28 heavy (non-hydrogen) atoms. The summed E-state index contributed by atoms with van der Waals surface area (Å²) >= 11 is 0. The summed E-state index contributed by atoms with van der Waals surface area (Å²) in [4.78, 5) is 7.13. The van der Waals surface area contributed by atoms with Crippen molar-refractivity contribution < 1.29 is 13.9 Å². The molecule has 2 aliphatic rings. The molecule has 0 saturated carbocycles. The van der Waals surface area contributed by atoms with Gasteiger partial charge in [0.15, 0.2) is 17.5 Å². The van der Waals surface area contributed by atoms with Crippen LogP contribution in [-0.4, -0.2) is 63.4 Å². The molecule has 6 nitrogen and oxygen atoms in total. The second-order valence-electron chi connectivity index (χ2n) is 8.16. The van der Waals surface area contributed by atoms with E-state index in [0.717, 1.165) is 70.3 Å². The van der Waals surface area contributed by atoms with E-state index in [0.29, 0.717) is 11.8 Å². The summed E-state index contributed by atoms with van der Waals surface area (Å²) in [6, 6.07) is 5.62. The number of hydrogen-bond donors (Lipinski definition) is 2. The summed E-state index contributed by atoms with van der Waals surface area (Å²) in [7, 11) is 1.49. The Morgan fingerprint density at radius 2 is 2.11 bits per heavy atom. The molecule has 3 rings (SSSR count). The minimum Gasteiger partial charge on any atom is -0.494 e. The Labute approximate surface area is 167 Å². The first kappa shape index (κ1) is 20.9. The number of likely N-dealkylation sites (tertiary alicyclic amines) is 1. The number of methoxy groups -OCH3 is 1. The standard InChI is InChI=1S/C21H33FN4O2/c1-4-23-20(24-13-21(2)14-28-15-21)25-17-7-9-26(10-8-17)12-16-5-6-19(27-3)18(22)11-16/h5-6,11,17H,4,7-10,12-15H2,1-3H3,(H2,23,24,25). The first-order valence-electron chi connectivity index (χ1n) is 10.2. The number of nitrogens with one attached hydrogen (secondary N) is 2. The monoisotopic (exact) mass is 392 g/mol. The predicted molar refractivity (Wildman–Crippen MR) is 109 cm³/mol. The number of halogens is 1. The molecule has 0 amide bonds. The molecular formula is C21H33FN4O2. The Morgan fingerprint density at radius 1 is 1.36 bits per heavy atom. The highest BCUT2D eigenvalue weighted by molar-refractivity contribution is 5.80. The lowest BCUT2D eigenvalue weighted by molar-refractivity contribution is -0.0945. The molecule has 0 radical (unpaired) electrons. The third kappa shape index (κ3) is 5.58. The summed E-state index contributed by atoms with van der Waals surface area (Å²) in [6.45, 7) is 10.2. The fourth-order valence-corrected chi connectivity index (χ4v) is 3.63. The quantitative estimate of drug-likeness (QED) is 0.551. The van der Waals surface area contributed by atoms with E-state index in [1.807, 2.05) is 6.07 Å². The molecule has 0 spiro atoms. The van der Waals surface area contributed by atoms with E-state index in [-0.39, 0.29) is 11.2 Å². The Bertz CT molecular complexity index is 670. The molecular weight excluding hydrogens is 359 g/mol.